The highest BCUT2D eigenvalue weighted by Gasteiger charge is 2.04. The number of ether oxygens (including phenoxy) is 1. The molecule has 1 aromatic carbocycles. The van der Waals surface area contributed by atoms with E-state index in [2.05, 4.69) is 12.2 Å². The van der Waals surface area contributed by atoms with Crippen LogP contribution in [-0.4, -0.2) is 12.3 Å². The minimum Gasteiger partial charge on any atom is -0.410 e. The largest absolute Gasteiger partial charge is 0.416 e. The van der Waals surface area contributed by atoms with Crippen LogP contribution in [0.5, 0.6) is 5.75 Å². The first-order valence-electron chi connectivity index (χ1n) is 7.45. The van der Waals surface area contributed by atoms with E-state index in [-0.39, 0.29) is 0 Å². The van der Waals surface area contributed by atoms with Gasteiger partial charge in [0, 0.05) is 11.1 Å². The maximum atomic E-state index is 11.6. The zero-order valence-corrected chi connectivity index (χ0v) is 14.0. The van der Waals surface area contributed by atoms with Gasteiger partial charge in [-0.2, -0.15) is 0 Å². The number of hydrogen-bond acceptors (Lipinski definition) is 3. The summed E-state index contributed by atoms with van der Waals surface area (Å²) in [6, 6.07) is 5.65. The zero-order chi connectivity index (χ0) is 15.5. The molecular weight excluding hydrogens is 282 g/mol. The van der Waals surface area contributed by atoms with Gasteiger partial charge in [0.1, 0.15) is 5.75 Å². The first kappa shape index (κ1) is 17.6. The Morgan fingerprint density at radius 3 is 2.81 bits per heavy atom. The molecule has 0 saturated heterocycles. The standard InChI is InChI=1S/C17H25NO2S/c1-4-5-6-7-8-9-12-18-17(19)20-15-10-11-16(21-3)14(2)13-15/h9-13H,4-8H2,1-3H3,(H,18,19). The minimum absolute atomic E-state index is 0.448. The van der Waals surface area contributed by atoms with Crippen LogP contribution in [0.3, 0.4) is 0 Å². The summed E-state index contributed by atoms with van der Waals surface area (Å²) < 4.78 is 5.23. The molecule has 0 aliphatic rings. The predicted molar refractivity (Wildman–Crippen MR) is 90.0 cm³/mol. The predicted octanol–water partition coefficient (Wildman–Crippen LogP) is 5.29. The fourth-order valence-corrected chi connectivity index (χ4v) is 2.54. The first-order valence-corrected chi connectivity index (χ1v) is 8.67. The molecule has 1 aromatic rings. The number of allylic oxidation sites excluding steroid dienone is 1. The maximum absolute atomic E-state index is 11.6. The molecule has 0 aromatic heterocycles. The van der Waals surface area contributed by atoms with Crippen LogP contribution in [-0.2, 0) is 0 Å². The van der Waals surface area contributed by atoms with Crippen molar-refractivity contribution in [3.63, 3.8) is 0 Å². The number of carbonyl (C=O) groups excluding carboxylic acids is 1. The molecule has 0 saturated carbocycles. The fourth-order valence-electron chi connectivity index (χ4n) is 1.95. The maximum Gasteiger partial charge on any atom is 0.416 e. The van der Waals surface area contributed by atoms with Gasteiger partial charge >= 0.3 is 6.09 Å². The van der Waals surface area contributed by atoms with E-state index in [1.807, 2.05) is 37.5 Å². The number of carbonyl (C=O) groups is 1. The van der Waals surface area contributed by atoms with Gasteiger partial charge in [0.05, 0.1) is 0 Å². The van der Waals surface area contributed by atoms with Crippen LogP contribution in [0.25, 0.3) is 0 Å². The summed E-state index contributed by atoms with van der Waals surface area (Å²) in [5, 5.41) is 2.62. The molecule has 4 heteroatoms. The number of aryl methyl sites for hydroxylation is 1. The van der Waals surface area contributed by atoms with Gasteiger partial charge < -0.3 is 4.74 Å². The molecule has 0 atom stereocenters. The Morgan fingerprint density at radius 2 is 2.14 bits per heavy atom. The van der Waals surface area contributed by atoms with Crippen LogP contribution >= 0.6 is 11.8 Å². The van der Waals surface area contributed by atoms with Crippen LogP contribution in [0.2, 0.25) is 0 Å². The Labute approximate surface area is 132 Å². The molecule has 0 unspecified atom stereocenters. The highest BCUT2D eigenvalue weighted by atomic mass is 32.2. The van der Waals surface area contributed by atoms with E-state index < -0.39 is 6.09 Å². The normalized spacial score (nSPS) is 10.8. The molecule has 21 heavy (non-hydrogen) atoms. The van der Waals surface area contributed by atoms with E-state index in [0.717, 1.165) is 18.4 Å². The van der Waals surface area contributed by atoms with Gasteiger partial charge in [0.2, 0.25) is 0 Å². The topological polar surface area (TPSA) is 38.3 Å². The quantitative estimate of drug-likeness (QED) is 0.524. The van der Waals surface area contributed by atoms with Crippen LogP contribution in [0.4, 0.5) is 4.79 Å². The average molecular weight is 307 g/mol. The van der Waals surface area contributed by atoms with Crippen LogP contribution < -0.4 is 10.1 Å². The molecule has 0 aliphatic heterocycles. The second kappa shape index (κ2) is 10.3. The monoisotopic (exact) mass is 307 g/mol. The summed E-state index contributed by atoms with van der Waals surface area (Å²) in [6.07, 6.45) is 11.1. The van der Waals surface area contributed by atoms with Crippen molar-refractivity contribution in [1.29, 1.82) is 0 Å². The molecule has 1 amide bonds. The number of thioether (sulfide) groups is 1. The second-order valence-electron chi connectivity index (χ2n) is 4.92. The molecule has 0 bridgehead atoms. The Bertz CT molecular complexity index is 472. The van der Waals surface area contributed by atoms with Gasteiger partial charge in [0.25, 0.3) is 0 Å². The molecule has 1 rings (SSSR count). The zero-order valence-electron chi connectivity index (χ0n) is 13.1. The number of amides is 1. The third-order valence-corrected chi connectivity index (χ3v) is 4.02. The summed E-state index contributed by atoms with van der Waals surface area (Å²) in [6.45, 7) is 4.20. The lowest BCUT2D eigenvalue weighted by Gasteiger charge is -2.07. The second-order valence-corrected chi connectivity index (χ2v) is 5.77. The van der Waals surface area contributed by atoms with E-state index in [4.69, 9.17) is 4.74 Å². The SMILES string of the molecule is CCCCCCC=CNC(=O)Oc1ccc(SC)c(C)c1. The van der Waals surface area contributed by atoms with Crippen molar-refractivity contribution in [2.45, 2.75) is 50.8 Å². The summed E-state index contributed by atoms with van der Waals surface area (Å²) in [4.78, 5) is 12.8. The van der Waals surface area contributed by atoms with E-state index >= 15 is 0 Å². The third-order valence-electron chi connectivity index (χ3n) is 3.12. The van der Waals surface area contributed by atoms with Gasteiger partial charge in [-0.1, -0.05) is 32.3 Å². The molecule has 3 nitrogen and oxygen atoms in total. The van der Waals surface area contributed by atoms with Crippen LogP contribution in [0.1, 0.15) is 44.6 Å². The van der Waals surface area contributed by atoms with Gasteiger partial charge in [-0.15, -0.1) is 11.8 Å². The Hall–Kier alpha value is -1.42. The number of nitrogens with one attached hydrogen (secondary N) is 1. The number of hydrogen-bond donors (Lipinski definition) is 1. The average Bonchev–Trinajstić information content (AvgIpc) is 2.46. The molecule has 0 spiro atoms. The Balaban J connectivity index is 2.30. The van der Waals surface area contributed by atoms with Crippen molar-refractivity contribution in [1.82, 2.24) is 5.32 Å². The molecule has 0 aliphatic carbocycles. The Kier molecular flexibility index (Phi) is 8.67. The van der Waals surface area contributed by atoms with Crippen molar-refractivity contribution in [2.24, 2.45) is 0 Å². The van der Waals surface area contributed by atoms with Crippen molar-refractivity contribution in [3.05, 3.63) is 36.0 Å². The van der Waals surface area contributed by atoms with Crippen molar-refractivity contribution < 1.29 is 9.53 Å². The smallest absolute Gasteiger partial charge is 0.410 e. The van der Waals surface area contributed by atoms with Gasteiger partial charge in [-0.05, 0) is 49.8 Å². The summed E-state index contributed by atoms with van der Waals surface area (Å²) in [5.41, 5.74) is 1.11. The number of rotatable bonds is 8. The van der Waals surface area contributed by atoms with E-state index in [1.165, 1.54) is 24.2 Å². The lowest BCUT2D eigenvalue weighted by atomic mass is 10.1. The highest BCUT2D eigenvalue weighted by molar-refractivity contribution is 7.98. The van der Waals surface area contributed by atoms with E-state index in [0.29, 0.717) is 5.75 Å². The first-order chi connectivity index (χ1) is 10.2. The van der Waals surface area contributed by atoms with Crippen LogP contribution in [0, 0.1) is 6.92 Å². The number of unbranched alkanes of at least 4 members (excludes halogenated alkanes) is 4. The van der Waals surface area contributed by atoms with Crippen molar-refractivity contribution in [3.8, 4) is 5.75 Å². The molecule has 116 valence electrons. The van der Waals surface area contributed by atoms with Gasteiger partial charge in [-0.3, -0.25) is 5.32 Å². The lowest BCUT2D eigenvalue weighted by molar-refractivity contribution is 0.204. The van der Waals surface area contributed by atoms with Gasteiger partial charge in [-0.25, -0.2) is 4.79 Å². The summed E-state index contributed by atoms with van der Waals surface area (Å²) in [7, 11) is 0. The molecule has 0 fully saturated rings. The van der Waals surface area contributed by atoms with Crippen LogP contribution in [0.15, 0.2) is 35.4 Å². The fraction of sp³-hybridized carbons (Fsp3) is 0.471. The van der Waals surface area contributed by atoms with E-state index in [9.17, 15) is 4.79 Å². The third kappa shape index (κ3) is 7.23. The molecule has 0 radical (unpaired) electrons. The van der Waals surface area contributed by atoms with E-state index in [1.54, 1.807) is 18.0 Å². The van der Waals surface area contributed by atoms with Gasteiger partial charge in [0.15, 0.2) is 0 Å². The molecule has 1 N–H and O–H groups in total. The lowest BCUT2D eigenvalue weighted by Crippen LogP contribution is -2.21. The molecular formula is C17H25NO2S. The van der Waals surface area contributed by atoms with Crippen molar-refractivity contribution >= 4 is 17.9 Å². The van der Waals surface area contributed by atoms with Crippen molar-refractivity contribution in [2.75, 3.05) is 6.26 Å². The summed E-state index contributed by atoms with van der Waals surface area (Å²) >= 11 is 1.68. The molecule has 0 heterocycles. The number of benzene rings is 1. The highest BCUT2D eigenvalue weighted by Crippen LogP contribution is 2.24. The minimum atomic E-state index is -0.448. The summed E-state index contributed by atoms with van der Waals surface area (Å²) in [5.74, 6) is 0.569. The Morgan fingerprint density at radius 1 is 1.33 bits per heavy atom.